The van der Waals surface area contributed by atoms with Gasteiger partial charge >= 0.3 is 0 Å². The van der Waals surface area contributed by atoms with Gasteiger partial charge in [0.05, 0.1) is 6.04 Å². The monoisotopic (exact) mass is 264 g/mol. The number of fused-ring (bicyclic) bond motifs is 1. The van der Waals surface area contributed by atoms with E-state index in [1.54, 1.807) is 11.3 Å². The molecule has 1 amide bonds. The first-order valence-electron chi connectivity index (χ1n) is 6.78. The van der Waals surface area contributed by atoms with Crippen molar-refractivity contribution in [3.8, 4) is 0 Å². The molecule has 0 spiro atoms. The van der Waals surface area contributed by atoms with Crippen molar-refractivity contribution in [1.82, 2.24) is 10.6 Å². The third-order valence-corrected chi connectivity index (χ3v) is 5.35. The Morgan fingerprint density at radius 2 is 2.39 bits per heavy atom. The molecule has 1 saturated carbocycles. The molecule has 3 rings (SSSR count). The maximum atomic E-state index is 12.2. The third kappa shape index (κ3) is 2.19. The zero-order valence-electron chi connectivity index (χ0n) is 10.7. The van der Waals surface area contributed by atoms with Gasteiger partial charge in [0.1, 0.15) is 0 Å². The van der Waals surface area contributed by atoms with E-state index in [0.29, 0.717) is 12.5 Å². The Morgan fingerprint density at radius 3 is 3.17 bits per heavy atom. The van der Waals surface area contributed by atoms with Gasteiger partial charge in [-0.3, -0.25) is 4.79 Å². The fourth-order valence-electron chi connectivity index (χ4n) is 3.33. The predicted molar refractivity (Wildman–Crippen MR) is 73.5 cm³/mol. The summed E-state index contributed by atoms with van der Waals surface area (Å²) >= 11 is 1.70. The molecule has 1 saturated heterocycles. The van der Waals surface area contributed by atoms with Gasteiger partial charge in [0.15, 0.2) is 0 Å². The summed E-state index contributed by atoms with van der Waals surface area (Å²) in [6.07, 6.45) is 3.81. The predicted octanol–water partition coefficient (Wildman–Crippen LogP) is 2.06. The van der Waals surface area contributed by atoms with Crippen LogP contribution in [0.25, 0.3) is 0 Å². The van der Waals surface area contributed by atoms with Crippen molar-refractivity contribution in [2.75, 3.05) is 6.54 Å². The van der Waals surface area contributed by atoms with Crippen molar-refractivity contribution in [1.29, 1.82) is 0 Å². The molecule has 0 radical (unpaired) electrons. The van der Waals surface area contributed by atoms with Crippen molar-refractivity contribution in [3.63, 3.8) is 0 Å². The van der Waals surface area contributed by atoms with Crippen molar-refractivity contribution < 1.29 is 4.79 Å². The summed E-state index contributed by atoms with van der Waals surface area (Å²) in [7, 11) is 0. The van der Waals surface area contributed by atoms with E-state index in [2.05, 4.69) is 28.3 Å². The summed E-state index contributed by atoms with van der Waals surface area (Å²) in [6.45, 7) is 3.79. The summed E-state index contributed by atoms with van der Waals surface area (Å²) < 4.78 is 0. The van der Waals surface area contributed by atoms with Gasteiger partial charge in [0.25, 0.3) is 0 Å². The third-order valence-electron chi connectivity index (χ3n) is 4.44. The molecule has 3 atom stereocenters. The van der Waals surface area contributed by atoms with E-state index in [4.69, 9.17) is 0 Å². The largest absolute Gasteiger partial charge is 0.351 e. The first kappa shape index (κ1) is 12.2. The Bertz CT molecular complexity index is 443. The van der Waals surface area contributed by atoms with Crippen LogP contribution in [0.15, 0.2) is 10.8 Å². The van der Waals surface area contributed by atoms with Gasteiger partial charge in [-0.1, -0.05) is 6.42 Å². The number of aryl methyl sites for hydroxylation is 1. The first-order valence-corrected chi connectivity index (χ1v) is 7.73. The fourth-order valence-corrected chi connectivity index (χ4v) is 4.19. The normalized spacial score (nSPS) is 30.4. The van der Waals surface area contributed by atoms with Gasteiger partial charge in [-0.15, -0.1) is 0 Å². The lowest BCUT2D eigenvalue weighted by Crippen LogP contribution is -2.43. The molecule has 0 bridgehead atoms. The quantitative estimate of drug-likeness (QED) is 0.877. The topological polar surface area (TPSA) is 41.1 Å². The highest BCUT2D eigenvalue weighted by molar-refractivity contribution is 7.08. The summed E-state index contributed by atoms with van der Waals surface area (Å²) in [6, 6.07) is 0.0523. The minimum atomic E-state index is 0.0523. The number of nitrogens with one attached hydrogen (secondary N) is 2. The van der Waals surface area contributed by atoms with E-state index < -0.39 is 0 Å². The second-order valence-electron chi connectivity index (χ2n) is 5.54. The Morgan fingerprint density at radius 1 is 1.50 bits per heavy atom. The lowest BCUT2D eigenvalue weighted by atomic mass is 9.93. The molecule has 2 N–H and O–H groups in total. The second kappa shape index (κ2) is 5.02. The number of thiophene rings is 1. The lowest BCUT2D eigenvalue weighted by molar-refractivity contribution is -0.123. The molecule has 1 aromatic rings. The van der Waals surface area contributed by atoms with E-state index in [1.807, 2.05) is 0 Å². The van der Waals surface area contributed by atoms with Gasteiger partial charge in [-0.25, -0.2) is 0 Å². The summed E-state index contributed by atoms with van der Waals surface area (Å²) in [5.74, 6) is 1.51. The second-order valence-corrected chi connectivity index (χ2v) is 6.28. The van der Waals surface area contributed by atoms with Crippen LogP contribution in [0.4, 0.5) is 0 Å². The van der Waals surface area contributed by atoms with Crippen LogP contribution in [0.1, 0.15) is 30.4 Å². The number of hydrogen-bond donors (Lipinski definition) is 2. The molecule has 2 heterocycles. The number of hydrogen-bond acceptors (Lipinski definition) is 3. The van der Waals surface area contributed by atoms with Crippen LogP contribution in [0, 0.1) is 18.8 Å². The molecule has 98 valence electrons. The Balaban J connectivity index is 1.57. The van der Waals surface area contributed by atoms with Crippen LogP contribution in [-0.2, 0) is 11.3 Å². The van der Waals surface area contributed by atoms with E-state index >= 15 is 0 Å². The molecule has 4 heteroatoms. The van der Waals surface area contributed by atoms with Gasteiger partial charge < -0.3 is 10.6 Å². The molecule has 3 nitrogen and oxygen atoms in total. The standard InChI is InChI=1S/C14H20N2OS/c1-9-7-18-8-11(9)6-16-14(17)13-12-4-2-3-10(12)5-15-13/h7-8,10,12-13,15H,2-6H2,1H3,(H,16,17). The van der Waals surface area contributed by atoms with Crippen molar-refractivity contribution in [2.45, 2.75) is 38.8 Å². The average molecular weight is 264 g/mol. The van der Waals surface area contributed by atoms with Crippen LogP contribution >= 0.6 is 11.3 Å². The molecular weight excluding hydrogens is 244 g/mol. The van der Waals surface area contributed by atoms with E-state index in [-0.39, 0.29) is 11.9 Å². The molecule has 18 heavy (non-hydrogen) atoms. The average Bonchev–Trinajstić information content (AvgIpc) is 3.01. The first-order chi connectivity index (χ1) is 8.75. The highest BCUT2D eigenvalue weighted by Crippen LogP contribution is 2.37. The highest BCUT2D eigenvalue weighted by Gasteiger charge is 2.42. The van der Waals surface area contributed by atoms with Crippen LogP contribution < -0.4 is 10.6 Å². The molecule has 1 aliphatic carbocycles. The van der Waals surface area contributed by atoms with Crippen molar-refractivity contribution in [3.05, 3.63) is 21.9 Å². The minimum absolute atomic E-state index is 0.0523. The molecule has 2 aliphatic rings. The molecule has 0 aromatic carbocycles. The summed E-state index contributed by atoms with van der Waals surface area (Å²) in [5, 5.41) is 10.7. The molecular formula is C14H20N2OS. The summed E-state index contributed by atoms with van der Waals surface area (Å²) in [4.78, 5) is 12.2. The van der Waals surface area contributed by atoms with E-state index in [9.17, 15) is 4.79 Å². The van der Waals surface area contributed by atoms with Crippen molar-refractivity contribution in [2.24, 2.45) is 11.8 Å². The lowest BCUT2D eigenvalue weighted by Gasteiger charge is -2.17. The van der Waals surface area contributed by atoms with Crippen LogP contribution in [0.5, 0.6) is 0 Å². The number of carbonyl (C=O) groups is 1. The zero-order chi connectivity index (χ0) is 12.5. The Kier molecular flexibility index (Phi) is 3.39. The Labute approximate surface area is 112 Å². The molecule has 1 aliphatic heterocycles. The van der Waals surface area contributed by atoms with Gasteiger partial charge in [0.2, 0.25) is 5.91 Å². The fraction of sp³-hybridized carbons (Fsp3) is 0.643. The SMILES string of the molecule is Cc1cscc1CNC(=O)C1NCC2CCCC21. The minimum Gasteiger partial charge on any atom is -0.351 e. The number of carbonyl (C=O) groups excluding carboxylic acids is 1. The molecule has 1 aromatic heterocycles. The summed E-state index contributed by atoms with van der Waals surface area (Å²) in [5.41, 5.74) is 2.52. The maximum Gasteiger partial charge on any atom is 0.237 e. The Hall–Kier alpha value is -0.870. The number of amides is 1. The molecule has 2 fully saturated rings. The zero-order valence-corrected chi connectivity index (χ0v) is 11.6. The van der Waals surface area contributed by atoms with Gasteiger partial charge in [0, 0.05) is 6.54 Å². The van der Waals surface area contributed by atoms with Gasteiger partial charge in [-0.05, 0) is 60.0 Å². The highest BCUT2D eigenvalue weighted by atomic mass is 32.1. The number of rotatable bonds is 3. The van der Waals surface area contributed by atoms with Crippen LogP contribution in [0.2, 0.25) is 0 Å². The molecule has 3 unspecified atom stereocenters. The smallest absolute Gasteiger partial charge is 0.237 e. The van der Waals surface area contributed by atoms with E-state index in [0.717, 1.165) is 12.5 Å². The van der Waals surface area contributed by atoms with Crippen LogP contribution in [-0.4, -0.2) is 18.5 Å². The maximum absolute atomic E-state index is 12.2. The van der Waals surface area contributed by atoms with Crippen LogP contribution in [0.3, 0.4) is 0 Å². The van der Waals surface area contributed by atoms with E-state index in [1.165, 1.54) is 30.4 Å². The van der Waals surface area contributed by atoms with Gasteiger partial charge in [-0.2, -0.15) is 11.3 Å². The van der Waals surface area contributed by atoms with Crippen molar-refractivity contribution >= 4 is 17.2 Å².